The van der Waals surface area contributed by atoms with Gasteiger partial charge in [0.25, 0.3) is 0 Å². The molecule has 0 radical (unpaired) electrons. The van der Waals surface area contributed by atoms with Crippen LogP contribution in [0.2, 0.25) is 0 Å². The molecule has 0 bridgehead atoms. The zero-order valence-corrected chi connectivity index (χ0v) is 8.30. The second kappa shape index (κ2) is 7.63. The van der Waals surface area contributed by atoms with E-state index in [9.17, 15) is 4.79 Å². The van der Waals surface area contributed by atoms with Crippen LogP contribution < -0.4 is 5.32 Å². The molecule has 1 unspecified atom stereocenters. The van der Waals surface area contributed by atoms with E-state index in [-0.39, 0.29) is 11.9 Å². The van der Waals surface area contributed by atoms with Gasteiger partial charge in [-0.1, -0.05) is 12.8 Å². The first-order valence-corrected chi connectivity index (χ1v) is 4.54. The SMILES string of the molecule is C#CC(C)NC(=O)CCOCCC. The van der Waals surface area contributed by atoms with Gasteiger partial charge in [-0.05, 0) is 13.3 Å². The van der Waals surface area contributed by atoms with Gasteiger partial charge >= 0.3 is 0 Å². The topological polar surface area (TPSA) is 38.3 Å². The van der Waals surface area contributed by atoms with E-state index >= 15 is 0 Å². The van der Waals surface area contributed by atoms with Crippen molar-refractivity contribution in [3.05, 3.63) is 0 Å². The van der Waals surface area contributed by atoms with Gasteiger partial charge in [-0.15, -0.1) is 6.42 Å². The number of carbonyl (C=O) groups excluding carboxylic acids is 1. The highest BCUT2D eigenvalue weighted by molar-refractivity contribution is 5.76. The second-order valence-corrected chi connectivity index (χ2v) is 2.82. The van der Waals surface area contributed by atoms with Gasteiger partial charge in [0.05, 0.1) is 12.6 Å². The van der Waals surface area contributed by atoms with Gasteiger partial charge in [0.2, 0.25) is 5.91 Å². The normalized spacial score (nSPS) is 11.8. The fraction of sp³-hybridized carbons (Fsp3) is 0.700. The van der Waals surface area contributed by atoms with Crippen molar-refractivity contribution in [1.29, 1.82) is 0 Å². The number of rotatable bonds is 6. The summed E-state index contributed by atoms with van der Waals surface area (Å²) in [6.07, 6.45) is 6.46. The molecule has 0 aliphatic rings. The molecular formula is C10H17NO2. The Balaban J connectivity index is 3.36. The minimum atomic E-state index is -0.196. The van der Waals surface area contributed by atoms with Crippen LogP contribution in [0.5, 0.6) is 0 Å². The first-order valence-electron chi connectivity index (χ1n) is 4.54. The number of carbonyl (C=O) groups is 1. The lowest BCUT2D eigenvalue weighted by molar-refractivity contribution is -0.122. The Hall–Kier alpha value is -1.01. The van der Waals surface area contributed by atoms with Crippen LogP contribution in [0.3, 0.4) is 0 Å². The summed E-state index contributed by atoms with van der Waals surface area (Å²) < 4.78 is 5.16. The summed E-state index contributed by atoms with van der Waals surface area (Å²) in [6.45, 7) is 4.97. The van der Waals surface area contributed by atoms with Crippen molar-refractivity contribution in [3.8, 4) is 12.3 Å². The molecule has 0 aromatic rings. The van der Waals surface area contributed by atoms with Crippen molar-refractivity contribution in [2.75, 3.05) is 13.2 Å². The van der Waals surface area contributed by atoms with Crippen molar-refractivity contribution >= 4 is 5.91 Å². The first-order chi connectivity index (χ1) is 6.20. The maximum absolute atomic E-state index is 11.1. The number of hydrogen-bond donors (Lipinski definition) is 1. The molecule has 0 rings (SSSR count). The molecule has 3 nitrogen and oxygen atoms in total. The van der Waals surface area contributed by atoms with Crippen molar-refractivity contribution in [3.63, 3.8) is 0 Å². The predicted octanol–water partition coefficient (Wildman–Crippen LogP) is 0.941. The number of ether oxygens (including phenoxy) is 1. The molecule has 3 heteroatoms. The van der Waals surface area contributed by atoms with Crippen molar-refractivity contribution in [2.24, 2.45) is 0 Å². The molecule has 0 saturated carbocycles. The summed E-state index contributed by atoms with van der Waals surface area (Å²) in [5.74, 6) is 2.37. The fourth-order valence-electron chi connectivity index (χ4n) is 0.767. The van der Waals surface area contributed by atoms with E-state index in [0.717, 1.165) is 6.42 Å². The lowest BCUT2D eigenvalue weighted by Gasteiger charge is -2.07. The minimum Gasteiger partial charge on any atom is -0.381 e. The molecule has 13 heavy (non-hydrogen) atoms. The fourth-order valence-corrected chi connectivity index (χ4v) is 0.767. The van der Waals surface area contributed by atoms with Crippen LogP contribution in [0.4, 0.5) is 0 Å². The highest BCUT2D eigenvalue weighted by Gasteiger charge is 2.03. The molecule has 74 valence electrons. The summed E-state index contributed by atoms with van der Waals surface area (Å²) in [6, 6.07) is -0.196. The van der Waals surface area contributed by atoms with Gasteiger partial charge in [-0.2, -0.15) is 0 Å². The third-order valence-electron chi connectivity index (χ3n) is 1.45. The van der Waals surface area contributed by atoms with E-state index in [1.165, 1.54) is 0 Å². The molecule has 1 atom stereocenters. The standard InChI is InChI=1S/C10H17NO2/c1-4-7-13-8-6-10(12)11-9(3)5-2/h2,9H,4,6-8H2,1,3H3,(H,11,12). The van der Waals surface area contributed by atoms with Crippen molar-refractivity contribution < 1.29 is 9.53 Å². The summed E-state index contributed by atoms with van der Waals surface area (Å²) in [7, 11) is 0. The van der Waals surface area contributed by atoms with Crippen molar-refractivity contribution in [1.82, 2.24) is 5.32 Å². The van der Waals surface area contributed by atoms with Crippen LogP contribution in [0, 0.1) is 12.3 Å². The van der Waals surface area contributed by atoms with Gasteiger partial charge in [0, 0.05) is 13.0 Å². The van der Waals surface area contributed by atoms with Crippen LogP contribution in [0.1, 0.15) is 26.7 Å². The van der Waals surface area contributed by atoms with Crippen LogP contribution in [0.25, 0.3) is 0 Å². The summed E-state index contributed by atoms with van der Waals surface area (Å²) in [4.78, 5) is 11.1. The molecule has 0 fully saturated rings. The Labute approximate surface area is 79.8 Å². The molecule has 1 amide bonds. The maximum atomic E-state index is 11.1. The molecule has 0 saturated heterocycles. The molecule has 0 aromatic carbocycles. The largest absolute Gasteiger partial charge is 0.381 e. The average Bonchev–Trinajstić information content (AvgIpc) is 2.12. The molecule has 0 aromatic heterocycles. The van der Waals surface area contributed by atoms with E-state index < -0.39 is 0 Å². The zero-order valence-electron chi connectivity index (χ0n) is 8.30. The lowest BCUT2D eigenvalue weighted by atomic mass is 10.3. The van der Waals surface area contributed by atoms with E-state index in [2.05, 4.69) is 11.2 Å². The highest BCUT2D eigenvalue weighted by Crippen LogP contribution is 1.87. The van der Waals surface area contributed by atoms with Crippen molar-refractivity contribution in [2.45, 2.75) is 32.7 Å². The van der Waals surface area contributed by atoms with E-state index in [1.54, 1.807) is 6.92 Å². The maximum Gasteiger partial charge on any atom is 0.223 e. The second-order valence-electron chi connectivity index (χ2n) is 2.82. The average molecular weight is 183 g/mol. The number of nitrogens with one attached hydrogen (secondary N) is 1. The quantitative estimate of drug-likeness (QED) is 0.491. The monoisotopic (exact) mass is 183 g/mol. The molecular weight excluding hydrogens is 166 g/mol. The Morgan fingerprint density at radius 1 is 1.62 bits per heavy atom. The Morgan fingerprint density at radius 2 is 2.31 bits per heavy atom. The van der Waals surface area contributed by atoms with Gasteiger partial charge in [-0.25, -0.2) is 0 Å². The van der Waals surface area contributed by atoms with E-state index in [1.807, 2.05) is 6.92 Å². The Kier molecular flexibility index (Phi) is 7.04. The molecule has 1 N–H and O–H groups in total. The highest BCUT2D eigenvalue weighted by atomic mass is 16.5. The Morgan fingerprint density at radius 3 is 2.85 bits per heavy atom. The third-order valence-corrected chi connectivity index (χ3v) is 1.45. The predicted molar refractivity (Wildman–Crippen MR) is 52.2 cm³/mol. The molecule has 0 heterocycles. The molecule has 0 spiro atoms. The summed E-state index contributed by atoms with van der Waals surface area (Å²) in [5, 5.41) is 2.65. The van der Waals surface area contributed by atoms with E-state index in [4.69, 9.17) is 11.2 Å². The summed E-state index contributed by atoms with van der Waals surface area (Å²) in [5.41, 5.74) is 0. The minimum absolute atomic E-state index is 0.0541. The first kappa shape index (κ1) is 12.0. The summed E-state index contributed by atoms with van der Waals surface area (Å²) >= 11 is 0. The smallest absolute Gasteiger partial charge is 0.223 e. The molecule has 0 aliphatic carbocycles. The number of hydrogen-bond acceptors (Lipinski definition) is 2. The van der Waals surface area contributed by atoms with Crippen LogP contribution >= 0.6 is 0 Å². The van der Waals surface area contributed by atoms with Gasteiger partial charge in [0.15, 0.2) is 0 Å². The third kappa shape index (κ3) is 7.35. The molecule has 0 aliphatic heterocycles. The van der Waals surface area contributed by atoms with Crippen LogP contribution in [-0.4, -0.2) is 25.2 Å². The number of amides is 1. The van der Waals surface area contributed by atoms with Crippen LogP contribution in [0.15, 0.2) is 0 Å². The van der Waals surface area contributed by atoms with E-state index in [0.29, 0.717) is 19.6 Å². The zero-order chi connectivity index (χ0) is 10.1. The Bertz CT molecular complexity index is 184. The van der Waals surface area contributed by atoms with Gasteiger partial charge < -0.3 is 10.1 Å². The van der Waals surface area contributed by atoms with Gasteiger partial charge in [-0.3, -0.25) is 4.79 Å². The van der Waals surface area contributed by atoms with Crippen LogP contribution in [-0.2, 0) is 9.53 Å². The lowest BCUT2D eigenvalue weighted by Crippen LogP contribution is -2.31. The van der Waals surface area contributed by atoms with Gasteiger partial charge in [0.1, 0.15) is 0 Å². The number of terminal acetylenes is 1.